The molecule has 0 spiro atoms. The molecule has 0 amide bonds. The van der Waals surface area contributed by atoms with E-state index < -0.39 is 11.7 Å². The lowest BCUT2D eigenvalue weighted by molar-refractivity contribution is -0.0476. The molecule has 1 rings (SSSR count). The van der Waals surface area contributed by atoms with Gasteiger partial charge < -0.3 is 10.2 Å². The molecule has 1 atom stereocenters. The number of hydrogen-bond acceptors (Lipinski definition) is 3. The number of halogens is 1. The van der Waals surface area contributed by atoms with Gasteiger partial charge in [0.25, 0.3) is 0 Å². The molecule has 92 valence electrons. The Labute approximate surface area is 101 Å². The summed E-state index contributed by atoms with van der Waals surface area (Å²) in [5.74, 6) is 0. The van der Waals surface area contributed by atoms with Crippen LogP contribution >= 0.6 is 11.6 Å². The third-order valence-corrected chi connectivity index (χ3v) is 3.14. The Morgan fingerprint density at radius 1 is 1.50 bits per heavy atom. The molecule has 1 heterocycles. The van der Waals surface area contributed by atoms with Crippen LogP contribution in [0.15, 0.2) is 0 Å². The van der Waals surface area contributed by atoms with Crippen LogP contribution < -0.4 is 0 Å². The van der Waals surface area contributed by atoms with Crippen molar-refractivity contribution in [1.29, 1.82) is 0 Å². The molecule has 0 saturated carbocycles. The first kappa shape index (κ1) is 13.5. The molecule has 1 unspecified atom stereocenters. The zero-order valence-corrected chi connectivity index (χ0v) is 10.9. The minimum absolute atomic E-state index is 0.297. The Morgan fingerprint density at radius 3 is 2.44 bits per heavy atom. The second kappa shape index (κ2) is 4.73. The maximum Gasteiger partial charge on any atom is 0.0877 e. The van der Waals surface area contributed by atoms with Crippen LogP contribution in [-0.2, 0) is 19.9 Å². The zero-order chi connectivity index (χ0) is 12.5. The van der Waals surface area contributed by atoms with E-state index in [9.17, 15) is 10.2 Å². The van der Waals surface area contributed by atoms with E-state index in [1.54, 1.807) is 25.6 Å². The van der Waals surface area contributed by atoms with Gasteiger partial charge in [-0.25, -0.2) is 0 Å². The van der Waals surface area contributed by atoms with E-state index in [2.05, 4.69) is 5.10 Å². The van der Waals surface area contributed by atoms with Crippen molar-refractivity contribution in [1.82, 2.24) is 9.78 Å². The second-order valence-corrected chi connectivity index (χ2v) is 4.94. The lowest BCUT2D eigenvalue weighted by atomic mass is 9.97. The molecule has 5 heteroatoms. The van der Waals surface area contributed by atoms with Crippen LogP contribution in [-0.4, -0.2) is 31.7 Å². The fourth-order valence-corrected chi connectivity index (χ4v) is 1.85. The van der Waals surface area contributed by atoms with Crippen LogP contribution in [0.4, 0.5) is 0 Å². The fourth-order valence-electron chi connectivity index (χ4n) is 1.47. The Kier molecular flexibility index (Phi) is 3.99. The summed E-state index contributed by atoms with van der Waals surface area (Å²) in [6.45, 7) is 5.12. The summed E-state index contributed by atoms with van der Waals surface area (Å²) in [7, 11) is 1.79. The van der Waals surface area contributed by atoms with Gasteiger partial charge in [0.1, 0.15) is 0 Å². The van der Waals surface area contributed by atoms with Crippen LogP contribution in [0.2, 0.25) is 5.02 Å². The van der Waals surface area contributed by atoms with Gasteiger partial charge in [0, 0.05) is 13.5 Å². The molecule has 0 radical (unpaired) electrons. The molecule has 0 bridgehead atoms. The van der Waals surface area contributed by atoms with E-state index in [4.69, 9.17) is 11.6 Å². The smallest absolute Gasteiger partial charge is 0.0877 e. The third-order valence-electron chi connectivity index (χ3n) is 2.71. The van der Waals surface area contributed by atoms with Crippen molar-refractivity contribution in [2.24, 2.45) is 7.05 Å². The summed E-state index contributed by atoms with van der Waals surface area (Å²) in [6, 6.07) is 0. The summed E-state index contributed by atoms with van der Waals surface area (Å²) < 4.78 is 1.66. The first-order chi connectivity index (χ1) is 7.27. The lowest BCUT2D eigenvalue weighted by Crippen LogP contribution is -2.37. The highest BCUT2D eigenvalue weighted by molar-refractivity contribution is 6.31. The van der Waals surface area contributed by atoms with Crippen molar-refractivity contribution in [3.05, 3.63) is 16.4 Å². The Bertz CT molecular complexity index is 369. The number of hydrogen-bond donors (Lipinski definition) is 2. The van der Waals surface area contributed by atoms with E-state index >= 15 is 0 Å². The first-order valence-corrected chi connectivity index (χ1v) is 5.75. The summed E-state index contributed by atoms with van der Waals surface area (Å²) in [6.07, 6.45) is 0.196. The molecule has 0 aromatic carbocycles. The Morgan fingerprint density at radius 2 is 2.06 bits per heavy atom. The topological polar surface area (TPSA) is 58.3 Å². The van der Waals surface area contributed by atoms with E-state index in [1.165, 1.54) is 0 Å². The molecular formula is C11H19ClN2O2. The van der Waals surface area contributed by atoms with Crippen LogP contribution in [0.25, 0.3) is 0 Å². The molecule has 0 aliphatic heterocycles. The van der Waals surface area contributed by atoms with E-state index in [0.717, 1.165) is 17.8 Å². The standard InChI is InChI=1S/C11H19ClN2O2/c1-5-7-10(12)8(14(4)13-7)6-9(15)11(2,3)16/h9,15-16H,5-6H2,1-4H3. The molecule has 1 aromatic heterocycles. The average molecular weight is 247 g/mol. The number of nitrogens with zero attached hydrogens (tertiary/aromatic N) is 2. The zero-order valence-electron chi connectivity index (χ0n) is 10.2. The van der Waals surface area contributed by atoms with E-state index in [0.29, 0.717) is 11.4 Å². The number of aromatic nitrogens is 2. The van der Waals surface area contributed by atoms with Gasteiger partial charge in [-0.1, -0.05) is 18.5 Å². The van der Waals surface area contributed by atoms with Gasteiger partial charge in [0.2, 0.25) is 0 Å². The van der Waals surface area contributed by atoms with Gasteiger partial charge in [-0.3, -0.25) is 4.68 Å². The van der Waals surface area contributed by atoms with E-state index in [-0.39, 0.29) is 0 Å². The number of aliphatic hydroxyl groups excluding tert-OH is 1. The van der Waals surface area contributed by atoms with Gasteiger partial charge in [-0.15, -0.1) is 0 Å². The molecule has 16 heavy (non-hydrogen) atoms. The van der Waals surface area contributed by atoms with Crippen molar-refractivity contribution in [2.75, 3.05) is 0 Å². The average Bonchev–Trinajstić information content (AvgIpc) is 2.43. The maximum atomic E-state index is 9.82. The van der Waals surface area contributed by atoms with Crippen molar-refractivity contribution in [2.45, 2.75) is 45.3 Å². The van der Waals surface area contributed by atoms with Crippen LogP contribution in [0.5, 0.6) is 0 Å². The molecule has 0 aliphatic carbocycles. The monoisotopic (exact) mass is 246 g/mol. The van der Waals surface area contributed by atoms with Crippen molar-refractivity contribution in [3.8, 4) is 0 Å². The highest BCUT2D eigenvalue weighted by Crippen LogP contribution is 2.24. The fraction of sp³-hybridized carbons (Fsp3) is 0.727. The number of aryl methyl sites for hydroxylation is 2. The van der Waals surface area contributed by atoms with Crippen molar-refractivity contribution < 1.29 is 10.2 Å². The van der Waals surface area contributed by atoms with Gasteiger partial charge >= 0.3 is 0 Å². The Balaban J connectivity index is 2.93. The second-order valence-electron chi connectivity index (χ2n) is 4.56. The maximum absolute atomic E-state index is 9.82. The third kappa shape index (κ3) is 2.75. The van der Waals surface area contributed by atoms with E-state index in [1.807, 2.05) is 6.92 Å². The van der Waals surface area contributed by atoms with Crippen molar-refractivity contribution >= 4 is 11.6 Å². The van der Waals surface area contributed by atoms with Gasteiger partial charge in [-0.2, -0.15) is 5.10 Å². The van der Waals surface area contributed by atoms with Crippen molar-refractivity contribution in [3.63, 3.8) is 0 Å². The van der Waals surface area contributed by atoms with Crippen LogP contribution in [0.3, 0.4) is 0 Å². The van der Waals surface area contributed by atoms with Gasteiger partial charge in [-0.05, 0) is 20.3 Å². The minimum atomic E-state index is -1.14. The minimum Gasteiger partial charge on any atom is -0.390 e. The molecule has 0 saturated heterocycles. The van der Waals surface area contributed by atoms with Gasteiger partial charge in [0.15, 0.2) is 0 Å². The predicted octanol–water partition coefficient (Wildman–Crippen LogP) is 1.31. The van der Waals surface area contributed by atoms with Crippen LogP contribution in [0, 0.1) is 0 Å². The quantitative estimate of drug-likeness (QED) is 0.842. The Hall–Kier alpha value is -0.580. The molecule has 2 N–H and O–H groups in total. The highest BCUT2D eigenvalue weighted by atomic mass is 35.5. The molecule has 1 aromatic rings. The van der Waals surface area contributed by atoms with Crippen LogP contribution in [0.1, 0.15) is 32.2 Å². The largest absolute Gasteiger partial charge is 0.390 e. The number of rotatable bonds is 4. The summed E-state index contributed by atoms with van der Waals surface area (Å²) in [4.78, 5) is 0. The molecule has 0 aliphatic rings. The predicted molar refractivity (Wildman–Crippen MR) is 63.6 cm³/mol. The SMILES string of the molecule is CCc1nn(C)c(CC(O)C(C)(C)O)c1Cl. The molecule has 0 fully saturated rings. The normalized spacial score (nSPS) is 14.2. The highest BCUT2D eigenvalue weighted by Gasteiger charge is 2.27. The first-order valence-electron chi connectivity index (χ1n) is 5.38. The summed E-state index contributed by atoms with van der Waals surface area (Å²) in [5, 5.41) is 24.3. The molecule has 4 nitrogen and oxygen atoms in total. The summed E-state index contributed by atoms with van der Waals surface area (Å²) >= 11 is 6.15. The summed E-state index contributed by atoms with van der Waals surface area (Å²) in [5.41, 5.74) is 0.440. The number of aliphatic hydroxyl groups is 2. The molecular weight excluding hydrogens is 228 g/mol. The lowest BCUT2D eigenvalue weighted by Gasteiger charge is -2.24. The van der Waals surface area contributed by atoms with Gasteiger partial charge in [0.05, 0.1) is 28.1 Å².